The standard InChI is InChI=1S/C15H11ClO4/c1-20-15(19)12-7-9(5-6-13(12)16)11-4-2-3-10(8-17)14(11)18/h2-8,18H,1H3. The van der Waals surface area contributed by atoms with Crippen LogP contribution in [0.25, 0.3) is 11.1 Å². The largest absolute Gasteiger partial charge is 0.507 e. The van der Waals surface area contributed by atoms with Crippen molar-refractivity contribution in [3.63, 3.8) is 0 Å². The molecule has 2 aromatic carbocycles. The molecule has 0 atom stereocenters. The number of carbonyl (C=O) groups is 2. The van der Waals surface area contributed by atoms with Crippen LogP contribution in [-0.4, -0.2) is 24.5 Å². The molecule has 4 nitrogen and oxygen atoms in total. The van der Waals surface area contributed by atoms with E-state index < -0.39 is 5.97 Å². The van der Waals surface area contributed by atoms with Crippen molar-refractivity contribution in [3.05, 3.63) is 52.5 Å². The predicted octanol–water partition coefficient (Wildman–Crippen LogP) is 3.31. The van der Waals surface area contributed by atoms with Crippen molar-refractivity contribution in [1.29, 1.82) is 0 Å². The van der Waals surface area contributed by atoms with Gasteiger partial charge in [-0.25, -0.2) is 4.79 Å². The molecule has 0 saturated carbocycles. The van der Waals surface area contributed by atoms with Crippen LogP contribution in [0.1, 0.15) is 20.7 Å². The Labute approximate surface area is 120 Å². The molecule has 0 aliphatic heterocycles. The van der Waals surface area contributed by atoms with Crippen LogP contribution in [0.2, 0.25) is 5.02 Å². The number of ether oxygens (including phenoxy) is 1. The molecule has 0 aliphatic carbocycles. The van der Waals surface area contributed by atoms with Gasteiger partial charge in [0.1, 0.15) is 5.75 Å². The van der Waals surface area contributed by atoms with E-state index in [1.165, 1.54) is 25.3 Å². The van der Waals surface area contributed by atoms with Crippen LogP contribution in [0.3, 0.4) is 0 Å². The normalized spacial score (nSPS) is 10.1. The van der Waals surface area contributed by atoms with Crippen LogP contribution in [0.4, 0.5) is 0 Å². The predicted molar refractivity (Wildman–Crippen MR) is 75.3 cm³/mol. The van der Waals surface area contributed by atoms with Gasteiger partial charge in [-0.1, -0.05) is 29.8 Å². The molecule has 0 radical (unpaired) electrons. The number of methoxy groups -OCH3 is 1. The van der Waals surface area contributed by atoms with Crippen LogP contribution < -0.4 is 0 Å². The first kappa shape index (κ1) is 14.1. The molecule has 0 saturated heterocycles. The molecular formula is C15H11ClO4. The summed E-state index contributed by atoms with van der Waals surface area (Å²) in [5.41, 5.74) is 1.38. The van der Waals surface area contributed by atoms with Crippen molar-refractivity contribution in [2.45, 2.75) is 0 Å². The maximum Gasteiger partial charge on any atom is 0.339 e. The molecule has 0 aromatic heterocycles. The molecule has 2 rings (SSSR count). The molecule has 2 aromatic rings. The first-order valence-corrected chi connectivity index (χ1v) is 6.11. The molecule has 0 bridgehead atoms. The molecule has 0 spiro atoms. The zero-order valence-corrected chi connectivity index (χ0v) is 11.3. The van der Waals surface area contributed by atoms with E-state index in [2.05, 4.69) is 4.74 Å². The summed E-state index contributed by atoms with van der Waals surface area (Å²) in [5.74, 6) is -0.705. The number of hydrogen-bond donors (Lipinski definition) is 1. The lowest BCUT2D eigenvalue weighted by Gasteiger charge is -2.09. The Bertz CT molecular complexity index is 680. The highest BCUT2D eigenvalue weighted by Gasteiger charge is 2.14. The molecule has 0 amide bonds. The number of phenolic OH excluding ortho intramolecular Hbond substituents is 1. The van der Waals surface area contributed by atoms with Crippen LogP contribution in [0, 0.1) is 0 Å². The summed E-state index contributed by atoms with van der Waals surface area (Å²) in [6.07, 6.45) is 0.565. The van der Waals surface area contributed by atoms with Gasteiger partial charge in [-0.05, 0) is 23.8 Å². The van der Waals surface area contributed by atoms with E-state index >= 15 is 0 Å². The summed E-state index contributed by atoms with van der Waals surface area (Å²) in [6.45, 7) is 0. The van der Waals surface area contributed by atoms with Gasteiger partial charge in [-0.3, -0.25) is 4.79 Å². The Kier molecular flexibility index (Phi) is 4.05. The van der Waals surface area contributed by atoms with Gasteiger partial charge < -0.3 is 9.84 Å². The lowest BCUT2D eigenvalue weighted by Crippen LogP contribution is -2.02. The Balaban J connectivity index is 2.59. The number of hydrogen-bond acceptors (Lipinski definition) is 4. The van der Waals surface area contributed by atoms with Gasteiger partial charge in [0.05, 0.1) is 23.3 Å². The molecule has 20 heavy (non-hydrogen) atoms. The van der Waals surface area contributed by atoms with E-state index in [1.807, 2.05) is 0 Å². The van der Waals surface area contributed by atoms with Gasteiger partial charge in [0.25, 0.3) is 0 Å². The maximum absolute atomic E-state index is 11.6. The summed E-state index contributed by atoms with van der Waals surface area (Å²) in [6, 6.07) is 9.49. The number of carbonyl (C=O) groups excluding carboxylic acids is 2. The van der Waals surface area contributed by atoms with Gasteiger partial charge in [-0.2, -0.15) is 0 Å². The highest BCUT2D eigenvalue weighted by molar-refractivity contribution is 6.33. The van der Waals surface area contributed by atoms with E-state index in [9.17, 15) is 14.7 Å². The van der Waals surface area contributed by atoms with Crippen molar-refractivity contribution in [1.82, 2.24) is 0 Å². The average molecular weight is 291 g/mol. The van der Waals surface area contributed by atoms with Crippen LogP contribution in [0.15, 0.2) is 36.4 Å². The smallest absolute Gasteiger partial charge is 0.339 e. The number of para-hydroxylation sites is 1. The number of benzene rings is 2. The zero-order chi connectivity index (χ0) is 14.7. The van der Waals surface area contributed by atoms with Crippen molar-refractivity contribution in [3.8, 4) is 16.9 Å². The second kappa shape index (κ2) is 5.75. The van der Waals surface area contributed by atoms with E-state index in [-0.39, 0.29) is 21.9 Å². The summed E-state index contributed by atoms with van der Waals surface area (Å²) in [5, 5.41) is 10.3. The Hall–Kier alpha value is -2.33. The third-order valence-electron chi connectivity index (χ3n) is 2.88. The number of aldehydes is 1. The molecule has 1 N–H and O–H groups in total. The van der Waals surface area contributed by atoms with Gasteiger partial charge in [0.15, 0.2) is 6.29 Å². The average Bonchev–Trinajstić information content (AvgIpc) is 2.47. The fraction of sp³-hybridized carbons (Fsp3) is 0.0667. The number of aromatic hydroxyl groups is 1. The fourth-order valence-electron chi connectivity index (χ4n) is 1.85. The third kappa shape index (κ3) is 2.51. The minimum Gasteiger partial charge on any atom is -0.507 e. The molecule has 5 heteroatoms. The number of esters is 1. The summed E-state index contributed by atoms with van der Waals surface area (Å²) in [7, 11) is 1.26. The Morgan fingerprint density at radius 3 is 2.70 bits per heavy atom. The van der Waals surface area contributed by atoms with Gasteiger partial charge in [0.2, 0.25) is 0 Å². The first-order chi connectivity index (χ1) is 9.58. The van der Waals surface area contributed by atoms with Crippen LogP contribution in [-0.2, 0) is 4.74 Å². The van der Waals surface area contributed by atoms with Gasteiger partial charge >= 0.3 is 5.97 Å². The quantitative estimate of drug-likeness (QED) is 0.696. The fourth-order valence-corrected chi connectivity index (χ4v) is 2.04. The van der Waals surface area contributed by atoms with E-state index in [1.54, 1.807) is 18.2 Å². The minimum atomic E-state index is -0.567. The minimum absolute atomic E-state index is 0.138. The number of halogens is 1. The zero-order valence-electron chi connectivity index (χ0n) is 10.6. The monoisotopic (exact) mass is 290 g/mol. The topological polar surface area (TPSA) is 63.6 Å². The molecule has 0 aliphatic rings. The molecular weight excluding hydrogens is 280 g/mol. The Morgan fingerprint density at radius 2 is 2.05 bits per heavy atom. The Morgan fingerprint density at radius 1 is 1.30 bits per heavy atom. The lowest BCUT2D eigenvalue weighted by atomic mass is 10.00. The van der Waals surface area contributed by atoms with Gasteiger partial charge in [-0.15, -0.1) is 0 Å². The van der Waals surface area contributed by atoms with E-state index in [4.69, 9.17) is 11.6 Å². The second-order valence-electron chi connectivity index (χ2n) is 4.05. The van der Waals surface area contributed by atoms with E-state index in [0.29, 0.717) is 17.4 Å². The lowest BCUT2D eigenvalue weighted by molar-refractivity contribution is 0.0601. The molecule has 102 valence electrons. The third-order valence-corrected chi connectivity index (χ3v) is 3.21. The highest BCUT2D eigenvalue weighted by Crippen LogP contribution is 2.33. The van der Waals surface area contributed by atoms with E-state index in [0.717, 1.165) is 0 Å². The molecule has 0 unspecified atom stereocenters. The first-order valence-electron chi connectivity index (χ1n) is 5.74. The highest BCUT2D eigenvalue weighted by atomic mass is 35.5. The summed E-state index contributed by atoms with van der Waals surface area (Å²) < 4.78 is 4.64. The maximum atomic E-state index is 11.6. The molecule has 0 heterocycles. The van der Waals surface area contributed by atoms with Crippen molar-refractivity contribution in [2.75, 3.05) is 7.11 Å². The van der Waals surface area contributed by atoms with Crippen LogP contribution >= 0.6 is 11.6 Å². The SMILES string of the molecule is COC(=O)c1cc(-c2cccc(C=O)c2O)ccc1Cl. The second-order valence-corrected chi connectivity index (χ2v) is 4.45. The van der Waals surface area contributed by atoms with Crippen molar-refractivity contribution >= 4 is 23.9 Å². The summed E-state index contributed by atoms with van der Waals surface area (Å²) >= 11 is 5.94. The van der Waals surface area contributed by atoms with Crippen molar-refractivity contribution < 1.29 is 19.4 Å². The molecule has 0 fully saturated rings. The summed E-state index contributed by atoms with van der Waals surface area (Å²) in [4.78, 5) is 22.4. The van der Waals surface area contributed by atoms with Gasteiger partial charge in [0, 0.05) is 5.56 Å². The number of phenols is 1. The van der Waals surface area contributed by atoms with Crippen molar-refractivity contribution in [2.24, 2.45) is 0 Å². The number of rotatable bonds is 3. The van der Waals surface area contributed by atoms with Crippen LogP contribution in [0.5, 0.6) is 5.75 Å².